The topological polar surface area (TPSA) is 109 Å². The molecule has 0 bridgehead atoms. The second-order valence-electron chi connectivity index (χ2n) is 9.25. The Hall–Kier alpha value is -2.84. The van der Waals surface area contributed by atoms with E-state index in [1.165, 1.54) is 0 Å². The Morgan fingerprint density at radius 2 is 1.97 bits per heavy atom. The van der Waals surface area contributed by atoms with Crippen molar-refractivity contribution >= 4 is 11.8 Å². The zero-order chi connectivity index (χ0) is 23.6. The number of benzene rings is 1. The van der Waals surface area contributed by atoms with Crippen LogP contribution in [0.5, 0.6) is 11.5 Å². The van der Waals surface area contributed by atoms with Gasteiger partial charge >= 0.3 is 5.97 Å². The van der Waals surface area contributed by atoms with Gasteiger partial charge in [-0.1, -0.05) is 19.9 Å². The summed E-state index contributed by atoms with van der Waals surface area (Å²) in [6.45, 7) is 7.95. The lowest BCUT2D eigenvalue weighted by atomic mass is 9.68. The van der Waals surface area contributed by atoms with E-state index in [9.17, 15) is 9.59 Å². The molecule has 3 N–H and O–H groups in total. The molecule has 0 saturated heterocycles. The first kappa shape index (κ1) is 23.3. The molecule has 33 heavy (non-hydrogen) atoms. The molecule has 178 valence electrons. The first-order chi connectivity index (χ1) is 15.8. The molecule has 0 aromatic heterocycles. The standard InChI is InChI=1S/C25H32N2O6/c1-4-31-24(29)23-17(14-30-8-7-26)27-16-12-25(2,3)13-18(28)22(16)21(23)15-5-6-19-20(11-15)33-10-9-32-19/h5-6,11,21,27H,4,7-10,12-14,26H2,1-3H3. The summed E-state index contributed by atoms with van der Waals surface area (Å²) in [5, 5.41) is 3.37. The highest BCUT2D eigenvalue weighted by molar-refractivity contribution is 6.04. The van der Waals surface area contributed by atoms with E-state index in [4.69, 9.17) is 24.7 Å². The Bertz CT molecular complexity index is 1010. The second-order valence-corrected chi connectivity index (χ2v) is 9.25. The molecule has 0 radical (unpaired) electrons. The van der Waals surface area contributed by atoms with Crippen LogP contribution < -0.4 is 20.5 Å². The number of carbonyl (C=O) groups excluding carboxylic acids is 2. The van der Waals surface area contributed by atoms with Crippen LogP contribution in [0.1, 0.15) is 45.1 Å². The smallest absolute Gasteiger partial charge is 0.336 e. The summed E-state index contributed by atoms with van der Waals surface area (Å²) in [4.78, 5) is 26.7. The summed E-state index contributed by atoms with van der Waals surface area (Å²) in [7, 11) is 0. The van der Waals surface area contributed by atoms with Crippen molar-refractivity contribution in [2.75, 3.05) is 39.6 Å². The lowest BCUT2D eigenvalue weighted by Crippen LogP contribution is -2.40. The van der Waals surface area contributed by atoms with Crippen molar-refractivity contribution in [3.63, 3.8) is 0 Å². The van der Waals surface area contributed by atoms with E-state index in [0.717, 1.165) is 11.3 Å². The molecule has 0 saturated carbocycles. The molecular formula is C25H32N2O6. The fourth-order valence-electron chi connectivity index (χ4n) is 4.74. The van der Waals surface area contributed by atoms with Gasteiger partial charge in [0, 0.05) is 30.2 Å². The maximum Gasteiger partial charge on any atom is 0.336 e. The van der Waals surface area contributed by atoms with E-state index >= 15 is 0 Å². The highest BCUT2D eigenvalue weighted by Gasteiger charge is 2.44. The van der Waals surface area contributed by atoms with E-state index < -0.39 is 11.9 Å². The van der Waals surface area contributed by atoms with Crippen LogP contribution in [0.3, 0.4) is 0 Å². The van der Waals surface area contributed by atoms with E-state index in [1.54, 1.807) is 6.92 Å². The van der Waals surface area contributed by atoms with E-state index in [0.29, 0.717) is 67.5 Å². The molecule has 1 aromatic rings. The summed E-state index contributed by atoms with van der Waals surface area (Å²) in [5.41, 5.74) is 8.61. The van der Waals surface area contributed by atoms with E-state index in [2.05, 4.69) is 19.2 Å². The molecule has 1 atom stereocenters. The molecule has 8 nitrogen and oxygen atoms in total. The van der Waals surface area contributed by atoms with Crippen molar-refractivity contribution in [1.29, 1.82) is 0 Å². The lowest BCUT2D eigenvalue weighted by molar-refractivity contribution is -0.139. The Morgan fingerprint density at radius 3 is 2.70 bits per heavy atom. The van der Waals surface area contributed by atoms with Crippen molar-refractivity contribution in [2.45, 2.75) is 39.5 Å². The van der Waals surface area contributed by atoms with Crippen molar-refractivity contribution in [3.05, 3.63) is 46.3 Å². The third kappa shape index (κ3) is 4.77. The quantitative estimate of drug-likeness (QED) is 0.476. The molecule has 1 unspecified atom stereocenters. The normalized spacial score (nSPS) is 21.5. The van der Waals surface area contributed by atoms with Gasteiger partial charge in [0.25, 0.3) is 0 Å². The molecule has 3 aliphatic rings. The summed E-state index contributed by atoms with van der Waals surface area (Å²) >= 11 is 0. The van der Waals surface area contributed by atoms with Gasteiger partial charge < -0.3 is 30.0 Å². The Balaban J connectivity index is 1.86. The van der Waals surface area contributed by atoms with Crippen molar-refractivity contribution in [3.8, 4) is 11.5 Å². The molecule has 0 fully saturated rings. The van der Waals surface area contributed by atoms with Gasteiger partial charge in [0.05, 0.1) is 31.1 Å². The number of hydrogen-bond donors (Lipinski definition) is 2. The van der Waals surface area contributed by atoms with Crippen LogP contribution >= 0.6 is 0 Å². The highest BCUT2D eigenvalue weighted by Crippen LogP contribution is 2.48. The van der Waals surface area contributed by atoms with Gasteiger partial charge in [0.1, 0.15) is 13.2 Å². The highest BCUT2D eigenvalue weighted by atomic mass is 16.6. The summed E-state index contributed by atoms with van der Waals surface area (Å²) in [6.07, 6.45) is 1.09. The van der Waals surface area contributed by atoms with Gasteiger partial charge in [-0.15, -0.1) is 0 Å². The van der Waals surface area contributed by atoms with Crippen LogP contribution in [-0.4, -0.2) is 51.3 Å². The minimum absolute atomic E-state index is 0.0253. The average molecular weight is 457 g/mol. The number of ether oxygens (including phenoxy) is 4. The second kappa shape index (κ2) is 9.57. The summed E-state index contributed by atoms with van der Waals surface area (Å²) < 4.78 is 22.6. The molecule has 2 aliphatic heterocycles. The van der Waals surface area contributed by atoms with E-state index in [-0.39, 0.29) is 24.4 Å². The lowest BCUT2D eigenvalue weighted by Gasteiger charge is -2.40. The fraction of sp³-hybridized carbons (Fsp3) is 0.520. The number of dihydropyridines is 1. The molecular weight excluding hydrogens is 424 g/mol. The summed E-state index contributed by atoms with van der Waals surface area (Å²) in [5.74, 6) is 0.221. The van der Waals surface area contributed by atoms with Gasteiger partial charge in [-0.05, 0) is 36.5 Å². The van der Waals surface area contributed by atoms with Crippen LogP contribution in [0.15, 0.2) is 40.7 Å². The van der Waals surface area contributed by atoms with Gasteiger partial charge in [-0.2, -0.15) is 0 Å². The number of allylic oxidation sites excluding steroid dienone is 2. The predicted octanol–water partition coefficient (Wildman–Crippen LogP) is 2.58. The minimum Gasteiger partial charge on any atom is -0.486 e. The zero-order valence-electron chi connectivity index (χ0n) is 19.5. The molecule has 4 rings (SSSR count). The van der Waals surface area contributed by atoms with E-state index in [1.807, 2.05) is 18.2 Å². The van der Waals surface area contributed by atoms with Crippen molar-refractivity contribution in [2.24, 2.45) is 11.1 Å². The molecule has 0 amide bonds. The number of nitrogens with two attached hydrogens (primary N) is 1. The monoisotopic (exact) mass is 456 g/mol. The molecule has 8 heteroatoms. The van der Waals surface area contributed by atoms with Crippen LogP contribution in [0.4, 0.5) is 0 Å². The maximum atomic E-state index is 13.4. The van der Waals surface area contributed by atoms with Crippen LogP contribution in [0.2, 0.25) is 0 Å². The van der Waals surface area contributed by atoms with Crippen LogP contribution in [-0.2, 0) is 19.1 Å². The SMILES string of the molecule is CCOC(=O)C1=C(COCCN)NC2=C(C(=O)CC(C)(C)C2)C1c1ccc2c(c1)OCCO2. The number of nitrogens with one attached hydrogen (secondary N) is 1. The third-order valence-electron chi connectivity index (χ3n) is 6.03. The number of Topliss-reactive ketones (excluding diaryl/α,β-unsaturated/α-hetero) is 1. The van der Waals surface area contributed by atoms with Gasteiger partial charge in [0.15, 0.2) is 17.3 Å². The van der Waals surface area contributed by atoms with Crippen LogP contribution in [0.25, 0.3) is 0 Å². The Labute approximate surface area is 194 Å². The zero-order valence-corrected chi connectivity index (χ0v) is 19.5. The number of carbonyl (C=O) groups is 2. The Kier molecular flexibility index (Phi) is 6.76. The number of hydrogen-bond acceptors (Lipinski definition) is 8. The molecule has 2 heterocycles. The van der Waals surface area contributed by atoms with Gasteiger partial charge in [-0.25, -0.2) is 4.79 Å². The largest absolute Gasteiger partial charge is 0.486 e. The molecule has 1 aromatic carbocycles. The predicted molar refractivity (Wildman–Crippen MR) is 122 cm³/mol. The van der Waals surface area contributed by atoms with Gasteiger partial charge in [0.2, 0.25) is 0 Å². The van der Waals surface area contributed by atoms with Crippen molar-refractivity contribution < 1.29 is 28.5 Å². The Morgan fingerprint density at radius 1 is 1.21 bits per heavy atom. The van der Waals surface area contributed by atoms with Crippen molar-refractivity contribution in [1.82, 2.24) is 5.32 Å². The number of ketones is 1. The number of rotatable bonds is 7. The van der Waals surface area contributed by atoms with Gasteiger partial charge in [-0.3, -0.25) is 4.79 Å². The third-order valence-corrected chi connectivity index (χ3v) is 6.03. The average Bonchev–Trinajstić information content (AvgIpc) is 2.77. The fourth-order valence-corrected chi connectivity index (χ4v) is 4.74. The minimum atomic E-state index is -0.587. The number of fused-ring (bicyclic) bond motifs is 1. The van der Waals surface area contributed by atoms with Crippen LogP contribution in [0, 0.1) is 5.41 Å². The first-order valence-electron chi connectivity index (χ1n) is 11.5. The first-order valence-corrected chi connectivity index (χ1v) is 11.5. The number of esters is 1. The summed E-state index contributed by atoms with van der Waals surface area (Å²) in [6, 6.07) is 5.58. The molecule has 1 aliphatic carbocycles. The molecule has 0 spiro atoms. The maximum absolute atomic E-state index is 13.4.